The van der Waals surface area contributed by atoms with Crippen LogP contribution in [0.5, 0.6) is 5.75 Å². The smallest absolute Gasteiger partial charge is 0.265 e. The Kier molecular flexibility index (Phi) is 8.58. The van der Waals surface area contributed by atoms with Gasteiger partial charge in [0.25, 0.3) is 10.0 Å². The highest BCUT2D eigenvalue weighted by Gasteiger charge is 2.52. The van der Waals surface area contributed by atoms with Crippen LogP contribution in [-0.2, 0) is 31.4 Å². The van der Waals surface area contributed by atoms with Gasteiger partial charge in [-0.05, 0) is 95.9 Å². The number of amides is 1. The largest absolute Gasteiger partial charge is 0.487 e. The quantitative estimate of drug-likeness (QED) is 0.289. The summed E-state index contributed by atoms with van der Waals surface area (Å²) < 4.78 is 42.7. The van der Waals surface area contributed by atoms with E-state index in [1.165, 1.54) is 11.6 Å². The number of nitrogens with one attached hydrogen (secondary N) is 1. The first-order chi connectivity index (χ1) is 19.7. The van der Waals surface area contributed by atoms with Crippen molar-refractivity contribution < 1.29 is 22.7 Å². The van der Waals surface area contributed by atoms with Crippen molar-refractivity contribution in [2.24, 2.45) is 11.8 Å². The van der Waals surface area contributed by atoms with E-state index in [1.807, 2.05) is 38.1 Å². The molecule has 0 aliphatic carbocycles. The van der Waals surface area contributed by atoms with Crippen LogP contribution < -0.4 is 9.46 Å². The lowest BCUT2D eigenvalue weighted by Gasteiger charge is -2.51. The van der Waals surface area contributed by atoms with Crippen molar-refractivity contribution in [2.45, 2.75) is 82.0 Å². The molecule has 2 aliphatic heterocycles. The van der Waals surface area contributed by atoms with Crippen LogP contribution >= 0.6 is 27.5 Å². The zero-order chi connectivity index (χ0) is 30.4. The second-order valence-electron chi connectivity index (χ2n) is 12.8. The van der Waals surface area contributed by atoms with E-state index >= 15 is 0 Å². The monoisotopic (exact) mass is 673 g/mol. The molecule has 2 heterocycles. The highest BCUT2D eigenvalue weighted by atomic mass is 79.9. The van der Waals surface area contributed by atoms with Crippen LogP contribution in [0.25, 0.3) is 0 Å². The molecule has 0 spiro atoms. The Hall–Kier alpha value is -2.39. The topological polar surface area (TPSA) is 81.7 Å². The van der Waals surface area contributed by atoms with Crippen molar-refractivity contribution in [2.75, 3.05) is 0 Å². The molecule has 1 amide bonds. The summed E-state index contributed by atoms with van der Waals surface area (Å²) in [5.41, 5.74) is 2.50. The minimum absolute atomic E-state index is 0.00979. The Morgan fingerprint density at radius 2 is 1.76 bits per heavy atom. The lowest BCUT2D eigenvalue weighted by atomic mass is 9.70. The molecule has 0 aromatic heterocycles. The minimum atomic E-state index is -4.11. The van der Waals surface area contributed by atoms with E-state index in [4.69, 9.17) is 21.1 Å². The zero-order valence-corrected chi connectivity index (χ0v) is 27.6. The van der Waals surface area contributed by atoms with Crippen molar-refractivity contribution in [1.82, 2.24) is 4.72 Å². The Bertz CT molecular complexity index is 1580. The molecular formula is C33H37BrClNO5S. The summed E-state index contributed by atoms with van der Waals surface area (Å²) in [5, 5.41) is 0.653. The SMILES string of the molecule is CC(C)(C)c1ccc2c(c1)OC(C)(C)[C@H]1C[C@@H](C(=O)NS(=O)(=O)c3ccccc3Br)[C@H](CCc3ccc(Cl)cc3)O[C@H]21. The predicted molar refractivity (Wildman–Crippen MR) is 168 cm³/mol. The summed E-state index contributed by atoms with van der Waals surface area (Å²) in [6, 6.07) is 20.3. The van der Waals surface area contributed by atoms with Gasteiger partial charge in [-0.15, -0.1) is 0 Å². The van der Waals surface area contributed by atoms with Crippen molar-refractivity contribution in [3.05, 3.63) is 92.9 Å². The average molecular weight is 675 g/mol. The number of hydrogen-bond acceptors (Lipinski definition) is 5. The maximum absolute atomic E-state index is 13.8. The number of hydrogen-bond donors (Lipinski definition) is 1. The highest BCUT2D eigenvalue weighted by molar-refractivity contribution is 9.10. The van der Waals surface area contributed by atoms with E-state index in [1.54, 1.807) is 18.2 Å². The van der Waals surface area contributed by atoms with Gasteiger partial charge in [0.1, 0.15) is 16.2 Å². The van der Waals surface area contributed by atoms with Crippen molar-refractivity contribution in [1.29, 1.82) is 0 Å². The van der Waals surface area contributed by atoms with Crippen LogP contribution in [0.3, 0.4) is 0 Å². The Morgan fingerprint density at radius 3 is 2.43 bits per heavy atom. The first-order valence-corrected chi connectivity index (χ1v) is 16.9. The number of fused-ring (bicyclic) bond motifs is 3. The molecule has 1 saturated heterocycles. The number of rotatable bonds is 6. The fraction of sp³-hybridized carbons (Fsp3) is 0.424. The van der Waals surface area contributed by atoms with Crippen molar-refractivity contribution in [3.8, 4) is 5.75 Å². The Morgan fingerprint density at radius 1 is 1.07 bits per heavy atom. The van der Waals surface area contributed by atoms with Gasteiger partial charge in [-0.25, -0.2) is 13.1 Å². The predicted octanol–water partition coefficient (Wildman–Crippen LogP) is 7.77. The molecule has 0 saturated carbocycles. The maximum Gasteiger partial charge on any atom is 0.265 e. The number of ether oxygens (including phenoxy) is 2. The Balaban J connectivity index is 1.48. The second kappa shape index (κ2) is 11.6. The van der Waals surface area contributed by atoms with Crippen LogP contribution in [0.1, 0.15) is 70.3 Å². The van der Waals surface area contributed by atoms with E-state index in [0.717, 1.165) is 16.9 Å². The van der Waals surface area contributed by atoms with Crippen LogP contribution in [0.2, 0.25) is 5.02 Å². The van der Waals surface area contributed by atoms with Crippen LogP contribution in [0, 0.1) is 11.8 Å². The first kappa shape index (κ1) is 31.0. The van der Waals surface area contributed by atoms with Gasteiger partial charge < -0.3 is 9.47 Å². The van der Waals surface area contributed by atoms with E-state index in [0.29, 0.717) is 28.8 Å². The summed E-state index contributed by atoms with van der Waals surface area (Å²) in [7, 11) is -4.11. The van der Waals surface area contributed by atoms with Gasteiger partial charge in [0.05, 0.1) is 18.1 Å². The van der Waals surface area contributed by atoms with Crippen LogP contribution in [0.4, 0.5) is 0 Å². The molecule has 9 heteroatoms. The van der Waals surface area contributed by atoms with Gasteiger partial charge in [0, 0.05) is 21.0 Å². The molecule has 2 aliphatic rings. The van der Waals surface area contributed by atoms with Crippen LogP contribution in [0.15, 0.2) is 76.1 Å². The molecule has 1 N–H and O–H groups in total. The van der Waals surface area contributed by atoms with E-state index in [9.17, 15) is 13.2 Å². The average Bonchev–Trinajstić information content (AvgIpc) is 2.91. The molecule has 0 radical (unpaired) electrons. The molecule has 4 atom stereocenters. The van der Waals surface area contributed by atoms with Gasteiger partial charge in [-0.1, -0.05) is 68.8 Å². The minimum Gasteiger partial charge on any atom is -0.487 e. The maximum atomic E-state index is 13.8. The lowest BCUT2D eigenvalue weighted by molar-refractivity contribution is -0.179. The van der Waals surface area contributed by atoms with E-state index < -0.39 is 33.6 Å². The fourth-order valence-corrected chi connectivity index (χ4v) is 8.14. The summed E-state index contributed by atoms with van der Waals surface area (Å²) in [6.07, 6.45) is 0.794. The highest BCUT2D eigenvalue weighted by Crippen LogP contribution is 2.53. The third kappa shape index (κ3) is 6.42. The standard InChI is InChI=1S/C33H37BrClNO5S/c1-32(2,3)21-13-16-23-28(18-21)41-33(4,5)25-19-24(31(37)36-42(38,39)29-9-7-6-8-26(29)34)27(40-30(23)25)17-12-20-10-14-22(35)15-11-20/h6-11,13-16,18,24-25,27,30H,12,17,19H2,1-5H3,(H,36,37)/t24-,25+,27+,30-/m1/s1. The van der Waals surface area contributed by atoms with Gasteiger partial charge >= 0.3 is 0 Å². The first-order valence-electron chi connectivity index (χ1n) is 14.2. The lowest BCUT2D eigenvalue weighted by Crippen LogP contribution is -2.54. The van der Waals surface area contributed by atoms with Gasteiger partial charge in [0.2, 0.25) is 5.91 Å². The number of carbonyl (C=O) groups is 1. The fourth-order valence-electron chi connectivity index (χ4n) is 5.98. The van der Waals surface area contributed by atoms with Gasteiger partial charge in [-0.3, -0.25) is 4.79 Å². The molecule has 0 bridgehead atoms. The van der Waals surface area contributed by atoms with E-state index in [-0.39, 0.29) is 22.3 Å². The molecule has 3 aromatic rings. The van der Waals surface area contributed by atoms with Crippen LogP contribution in [-0.4, -0.2) is 26.0 Å². The molecule has 6 nitrogen and oxygen atoms in total. The molecule has 224 valence electrons. The summed E-state index contributed by atoms with van der Waals surface area (Å²) in [5.74, 6) is -0.646. The Labute approximate surface area is 262 Å². The summed E-state index contributed by atoms with van der Waals surface area (Å²) in [4.78, 5) is 13.8. The summed E-state index contributed by atoms with van der Waals surface area (Å²) in [6.45, 7) is 10.5. The number of halogens is 2. The molecule has 1 fully saturated rings. The van der Waals surface area contributed by atoms with Gasteiger partial charge in [0.15, 0.2) is 0 Å². The number of sulfonamides is 1. The van der Waals surface area contributed by atoms with E-state index in [2.05, 4.69) is 59.6 Å². The second-order valence-corrected chi connectivity index (χ2v) is 15.8. The third-order valence-corrected chi connectivity index (χ3v) is 11.0. The molecule has 3 aromatic carbocycles. The third-order valence-electron chi connectivity index (χ3n) is 8.42. The van der Waals surface area contributed by atoms with Crippen molar-refractivity contribution >= 4 is 43.5 Å². The molecule has 5 rings (SSSR count). The number of aryl methyl sites for hydroxylation is 1. The number of carbonyl (C=O) groups excluding carboxylic acids is 1. The van der Waals surface area contributed by atoms with Crippen molar-refractivity contribution in [3.63, 3.8) is 0 Å². The van der Waals surface area contributed by atoms with Gasteiger partial charge in [-0.2, -0.15) is 0 Å². The molecule has 42 heavy (non-hydrogen) atoms. The summed E-state index contributed by atoms with van der Waals surface area (Å²) >= 11 is 9.39. The zero-order valence-electron chi connectivity index (χ0n) is 24.5. The molecule has 0 unspecified atom stereocenters. The normalized spacial score (nSPS) is 23.3. The number of benzene rings is 3. The molecular weight excluding hydrogens is 638 g/mol.